The zero-order valence-electron chi connectivity index (χ0n) is 9.34. The van der Waals surface area contributed by atoms with Gasteiger partial charge in [-0.05, 0) is 18.6 Å². The van der Waals surface area contributed by atoms with Crippen LogP contribution in [-0.2, 0) is 0 Å². The lowest BCUT2D eigenvalue weighted by atomic mass is 10.2. The summed E-state index contributed by atoms with van der Waals surface area (Å²) < 4.78 is 0. The summed E-state index contributed by atoms with van der Waals surface area (Å²) in [6.45, 7) is 1.99. The number of hydrogen-bond donors (Lipinski definition) is 3. The van der Waals surface area contributed by atoms with Gasteiger partial charge in [-0.2, -0.15) is 0 Å². The van der Waals surface area contributed by atoms with Gasteiger partial charge in [-0.3, -0.25) is 4.79 Å². The van der Waals surface area contributed by atoms with E-state index >= 15 is 0 Å². The monoisotopic (exact) mass is 276 g/mol. The minimum Gasteiger partial charge on any atom is -0.399 e. The zero-order valence-corrected chi connectivity index (χ0v) is 10.8. The van der Waals surface area contributed by atoms with Crippen molar-refractivity contribution in [1.29, 1.82) is 0 Å². The molecule has 1 amide bonds. The molecule has 6 heteroatoms. The molecular weight excluding hydrogens is 263 g/mol. The number of carbonyl (C=O) groups excluding carboxylic acids is 1. The number of halogens is 2. The summed E-state index contributed by atoms with van der Waals surface area (Å²) >= 11 is 11.7. The number of nitrogens with one attached hydrogen (secondary N) is 1. The predicted molar refractivity (Wildman–Crippen MR) is 69.5 cm³/mol. The average Bonchev–Trinajstić information content (AvgIpc) is 2.30. The van der Waals surface area contributed by atoms with Gasteiger partial charge in [-0.15, -0.1) is 0 Å². The van der Waals surface area contributed by atoms with Gasteiger partial charge in [0.25, 0.3) is 5.91 Å². The second-order valence-electron chi connectivity index (χ2n) is 3.64. The molecule has 0 heterocycles. The number of aliphatic hydroxyl groups is 1. The standard InChI is InChI=1S/C11H14Cl2N2O2/c1-2-7(16)5-15-11(17)8-3-6(14)4-9(12)10(8)13/h3-4,7,16H,2,5,14H2,1H3,(H,15,17). The van der Waals surface area contributed by atoms with Crippen LogP contribution in [0.4, 0.5) is 5.69 Å². The third kappa shape index (κ3) is 3.77. The average molecular weight is 277 g/mol. The third-order valence-electron chi connectivity index (χ3n) is 2.26. The van der Waals surface area contributed by atoms with Crippen molar-refractivity contribution in [2.24, 2.45) is 0 Å². The van der Waals surface area contributed by atoms with Crippen LogP contribution < -0.4 is 11.1 Å². The van der Waals surface area contributed by atoms with Gasteiger partial charge < -0.3 is 16.2 Å². The van der Waals surface area contributed by atoms with Gasteiger partial charge in [-0.25, -0.2) is 0 Å². The number of carbonyl (C=O) groups is 1. The van der Waals surface area contributed by atoms with Crippen molar-refractivity contribution in [2.45, 2.75) is 19.4 Å². The molecule has 0 aliphatic heterocycles. The van der Waals surface area contributed by atoms with Crippen LogP contribution in [-0.4, -0.2) is 23.7 Å². The fourth-order valence-corrected chi connectivity index (χ4v) is 1.65. The molecule has 0 aliphatic rings. The fourth-order valence-electron chi connectivity index (χ4n) is 1.23. The van der Waals surface area contributed by atoms with E-state index in [0.717, 1.165) is 0 Å². The second kappa shape index (κ2) is 6.10. The lowest BCUT2D eigenvalue weighted by Crippen LogP contribution is -2.31. The molecule has 0 spiro atoms. The molecule has 1 atom stereocenters. The van der Waals surface area contributed by atoms with Crippen molar-refractivity contribution in [3.05, 3.63) is 27.7 Å². The molecule has 1 aromatic carbocycles. The molecule has 0 radical (unpaired) electrons. The van der Waals surface area contributed by atoms with Gasteiger partial charge >= 0.3 is 0 Å². The van der Waals surface area contributed by atoms with Crippen LogP contribution in [0.3, 0.4) is 0 Å². The Morgan fingerprint density at radius 3 is 2.76 bits per heavy atom. The van der Waals surface area contributed by atoms with Crippen molar-refractivity contribution in [3.8, 4) is 0 Å². The molecule has 1 unspecified atom stereocenters. The summed E-state index contributed by atoms with van der Waals surface area (Å²) in [5, 5.41) is 12.3. The normalized spacial score (nSPS) is 12.2. The first kappa shape index (κ1) is 14.1. The van der Waals surface area contributed by atoms with Gasteiger partial charge in [0.2, 0.25) is 0 Å². The van der Waals surface area contributed by atoms with Gasteiger partial charge in [0.15, 0.2) is 0 Å². The molecule has 4 N–H and O–H groups in total. The van der Waals surface area contributed by atoms with Crippen molar-refractivity contribution < 1.29 is 9.90 Å². The summed E-state index contributed by atoms with van der Waals surface area (Å²) in [5.74, 6) is -0.406. The number of benzene rings is 1. The lowest BCUT2D eigenvalue weighted by molar-refractivity contribution is 0.0914. The second-order valence-corrected chi connectivity index (χ2v) is 4.42. The number of nitrogen functional groups attached to an aromatic ring is 1. The van der Waals surface area contributed by atoms with Gasteiger partial charge in [-0.1, -0.05) is 30.1 Å². The first-order valence-corrected chi connectivity index (χ1v) is 5.92. The number of nitrogens with two attached hydrogens (primary N) is 1. The smallest absolute Gasteiger partial charge is 0.253 e. The zero-order chi connectivity index (χ0) is 13.0. The SMILES string of the molecule is CCC(O)CNC(=O)c1cc(N)cc(Cl)c1Cl. The maximum absolute atomic E-state index is 11.8. The largest absolute Gasteiger partial charge is 0.399 e. The molecule has 4 nitrogen and oxygen atoms in total. The van der Waals surface area contributed by atoms with Crippen LogP contribution in [0.5, 0.6) is 0 Å². The van der Waals surface area contributed by atoms with Crippen LogP contribution in [0.15, 0.2) is 12.1 Å². The summed E-state index contributed by atoms with van der Waals surface area (Å²) in [6.07, 6.45) is -0.0136. The van der Waals surface area contributed by atoms with Crippen LogP contribution in [0.2, 0.25) is 10.0 Å². The van der Waals surface area contributed by atoms with E-state index in [1.807, 2.05) is 6.92 Å². The Morgan fingerprint density at radius 2 is 2.18 bits per heavy atom. The first-order valence-electron chi connectivity index (χ1n) is 5.16. The molecule has 0 fully saturated rings. The van der Waals surface area contributed by atoms with Gasteiger partial charge in [0.1, 0.15) is 0 Å². The maximum Gasteiger partial charge on any atom is 0.253 e. The van der Waals surface area contributed by atoms with E-state index in [0.29, 0.717) is 12.1 Å². The van der Waals surface area contributed by atoms with E-state index < -0.39 is 12.0 Å². The minimum absolute atomic E-state index is 0.157. The number of amides is 1. The highest BCUT2D eigenvalue weighted by Gasteiger charge is 2.14. The van der Waals surface area contributed by atoms with Crippen LogP contribution in [0, 0.1) is 0 Å². The molecule has 0 saturated carbocycles. The van der Waals surface area contributed by atoms with Gasteiger partial charge in [0.05, 0.1) is 21.7 Å². The molecule has 1 aromatic rings. The van der Waals surface area contributed by atoms with Crippen LogP contribution >= 0.6 is 23.2 Å². The number of hydrogen-bond acceptors (Lipinski definition) is 3. The summed E-state index contributed by atoms with van der Waals surface area (Å²) in [4.78, 5) is 11.8. The molecule has 94 valence electrons. The fraction of sp³-hybridized carbons (Fsp3) is 0.364. The Morgan fingerprint density at radius 1 is 1.53 bits per heavy atom. The minimum atomic E-state index is -0.575. The highest BCUT2D eigenvalue weighted by molar-refractivity contribution is 6.44. The topological polar surface area (TPSA) is 75.3 Å². The molecule has 1 rings (SSSR count). The number of rotatable bonds is 4. The lowest BCUT2D eigenvalue weighted by Gasteiger charge is -2.11. The molecule has 0 aliphatic carbocycles. The van der Waals surface area contributed by atoms with Crippen molar-refractivity contribution in [3.63, 3.8) is 0 Å². The first-order chi connectivity index (χ1) is 7.95. The van der Waals surface area contributed by atoms with Crippen molar-refractivity contribution >= 4 is 34.8 Å². The Hall–Kier alpha value is -0.970. The highest BCUT2D eigenvalue weighted by atomic mass is 35.5. The molecule has 17 heavy (non-hydrogen) atoms. The molecular formula is C11H14Cl2N2O2. The van der Waals surface area contributed by atoms with E-state index in [-0.39, 0.29) is 22.2 Å². The maximum atomic E-state index is 11.8. The van der Waals surface area contributed by atoms with Crippen molar-refractivity contribution in [1.82, 2.24) is 5.32 Å². The Bertz CT molecular complexity index is 424. The summed E-state index contributed by atoms with van der Waals surface area (Å²) in [7, 11) is 0. The molecule has 0 saturated heterocycles. The predicted octanol–water partition coefficient (Wildman–Crippen LogP) is 2.08. The number of anilines is 1. The van der Waals surface area contributed by atoms with Gasteiger partial charge in [0, 0.05) is 12.2 Å². The van der Waals surface area contributed by atoms with Crippen LogP contribution in [0.25, 0.3) is 0 Å². The number of aliphatic hydroxyl groups excluding tert-OH is 1. The highest BCUT2D eigenvalue weighted by Crippen LogP contribution is 2.28. The van der Waals surface area contributed by atoms with E-state index in [1.165, 1.54) is 12.1 Å². The third-order valence-corrected chi connectivity index (χ3v) is 3.07. The quantitative estimate of drug-likeness (QED) is 0.737. The Kier molecular flexibility index (Phi) is 5.05. The van der Waals surface area contributed by atoms with E-state index in [2.05, 4.69) is 5.32 Å². The van der Waals surface area contributed by atoms with Crippen molar-refractivity contribution in [2.75, 3.05) is 12.3 Å². The Labute approximate surface area is 110 Å². The molecule has 0 bridgehead atoms. The van der Waals surface area contributed by atoms with E-state index in [1.54, 1.807) is 0 Å². The van der Waals surface area contributed by atoms with E-state index in [9.17, 15) is 9.90 Å². The Balaban J connectivity index is 2.82. The summed E-state index contributed by atoms with van der Waals surface area (Å²) in [5.41, 5.74) is 6.15. The van der Waals surface area contributed by atoms with Crippen LogP contribution in [0.1, 0.15) is 23.7 Å². The van der Waals surface area contributed by atoms with E-state index in [4.69, 9.17) is 28.9 Å². The molecule has 0 aromatic heterocycles. The summed E-state index contributed by atoms with van der Waals surface area (Å²) in [6, 6.07) is 2.92.